The number of benzene rings is 1. The lowest BCUT2D eigenvalue weighted by molar-refractivity contribution is 1.06. The van der Waals surface area contributed by atoms with Crippen LogP contribution in [0.1, 0.15) is 12.5 Å². The van der Waals surface area contributed by atoms with Crippen molar-refractivity contribution in [3.05, 3.63) is 28.8 Å². The van der Waals surface area contributed by atoms with E-state index in [0.717, 1.165) is 11.4 Å². The molecule has 0 atom stereocenters. The van der Waals surface area contributed by atoms with Crippen molar-refractivity contribution >= 4 is 17.3 Å². The predicted molar refractivity (Wildman–Crippen MR) is 55.2 cm³/mol. The van der Waals surface area contributed by atoms with Gasteiger partial charge >= 0.3 is 0 Å². The molecule has 0 spiro atoms. The van der Waals surface area contributed by atoms with E-state index in [0.29, 0.717) is 0 Å². The predicted octanol–water partition coefficient (Wildman–Crippen LogP) is 2.97. The summed E-state index contributed by atoms with van der Waals surface area (Å²) in [5.41, 5.74) is 2.55. The molecule has 0 aliphatic heterocycles. The Bertz CT molecular complexity index is 269. The molecule has 0 aromatic heterocycles. The number of aryl methyl sites for hydroxylation is 1. The van der Waals surface area contributed by atoms with Gasteiger partial charge in [0.15, 0.2) is 0 Å². The molecule has 1 aromatic rings. The molecule has 12 heavy (non-hydrogen) atoms. The van der Waals surface area contributed by atoms with Crippen LogP contribution in [0.4, 0.5) is 5.69 Å². The van der Waals surface area contributed by atoms with Crippen molar-refractivity contribution < 1.29 is 0 Å². The van der Waals surface area contributed by atoms with E-state index in [1.165, 1.54) is 11.3 Å². The lowest BCUT2D eigenvalue weighted by Gasteiger charge is -2.16. The summed E-state index contributed by atoms with van der Waals surface area (Å²) >= 11 is 5.88. The maximum absolute atomic E-state index is 5.88. The van der Waals surface area contributed by atoms with Crippen molar-refractivity contribution in [2.45, 2.75) is 13.3 Å². The second-order valence-electron chi connectivity index (χ2n) is 3.02. The molecule has 66 valence electrons. The standard InChI is InChI=1S/C10H14ClN/c1-4-8-7-9(11)5-6-10(8)12(2)3/h5-7H,4H2,1-3H3. The zero-order chi connectivity index (χ0) is 9.14. The highest BCUT2D eigenvalue weighted by Crippen LogP contribution is 2.22. The molecule has 0 saturated carbocycles. The zero-order valence-corrected chi connectivity index (χ0v) is 8.52. The Hall–Kier alpha value is -0.690. The molecule has 1 aromatic carbocycles. The van der Waals surface area contributed by atoms with E-state index >= 15 is 0 Å². The second-order valence-corrected chi connectivity index (χ2v) is 3.46. The molecule has 1 rings (SSSR count). The Kier molecular flexibility index (Phi) is 2.99. The van der Waals surface area contributed by atoms with Crippen molar-refractivity contribution in [1.82, 2.24) is 0 Å². The normalized spacial score (nSPS) is 10.0. The van der Waals surface area contributed by atoms with Gasteiger partial charge in [-0.1, -0.05) is 18.5 Å². The third-order valence-corrected chi connectivity index (χ3v) is 2.14. The SMILES string of the molecule is CCc1cc(Cl)ccc1N(C)C. The van der Waals surface area contributed by atoms with Crippen LogP contribution >= 0.6 is 11.6 Å². The Morgan fingerprint density at radius 1 is 1.33 bits per heavy atom. The summed E-state index contributed by atoms with van der Waals surface area (Å²) in [4.78, 5) is 2.11. The molecular weight excluding hydrogens is 170 g/mol. The number of hydrogen-bond acceptors (Lipinski definition) is 1. The Morgan fingerprint density at radius 2 is 2.00 bits per heavy atom. The molecule has 1 nitrogen and oxygen atoms in total. The van der Waals surface area contributed by atoms with Crippen molar-refractivity contribution in [3.8, 4) is 0 Å². The van der Waals surface area contributed by atoms with Crippen LogP contribution < -0.4 is 4.90 Å². The van der Waals surface area contributed by atoms with Crippen molar-refractivity contribution in [2.75, 3.05) is 19.0 Å². The maximum Gasteiger partial charge on any atom is 0.0410 e. The van der Waals surface area contributed by atoms with E-state index in [1.54, 1.807) is 0 Å². The molecule has 0 fully saturated rings. The van der Waals surface area contributed by atoms with Crippen molar-refractivity contribution in [2.24, 2.45) is 0 Å². The smallest absolute Gasteiger partial charge is 0.0410 e. The molecule has 0 unspecified atom stereocenters. The third-order valence-electron chi connectivity index (χ3n) is 1.90. The maximum atomic E-state index is 5.88. The summed E-state index contributed by atoms with van der Waals surface area (Å²) in [6.07, 6.45) is 1.02. The highest BCUT2D eigenvalue weighted by atomic mass is 35.5. The fraction of sp³-hybridized carbons (Fsp3) is 0.400. The first-order valence-electron chi connectivity index (χ1n) is 4.11. The average molecular weight is 184 g/mol. The number of halogens is 1. The molecule has 0 N–H and O–H groups in total. The van der Waals surface area contributed by atoms with Crippen molar-refractivity contribution in [1.29, 1.82) is 0 Å². The van der Waals surface area contributed by atoms with Gasteiger partial charge in [-0.2, -0.15) is 0 Å². The number of rotatable bonds is 2. The first-order chi connectivity index (χ1) is 5.65. The van der Waals surface area contributed by atoms with Gasteiger partial charge in [-0.05, 0) is 30.2 Å². The van der Waals surface area contributed by atoms with Crippen molar-refractivity contribution in [3.63, 3.8) is 0 Å². The van der Waals surface area contributed by atoms with E-state index in [1.807, 2.05) is 26.2 Å². The van der Waals surface area contributed by atoms with Gasteiger partial charge in [0.25, 0.3) is 0 Å². The highest BCUT2D eigenvalue weighted by molar-refractivity contribution is 6.30. The Morgan fingerprint density at radius 3 is 2.50 bits per heavy atom. The van der Waals surface area contributed by atoms with E-state index in [4.69, 9.17) is 11.6 Å². The minimum Gasteiger partial charge on any atom is -0.377 e. The van der Waals surface area contributed by atoms with Crippen LogP contribution in [0.5, 0.6) is 0 Å². The summed E-state index contributed by atoms with van der Waals surface area (Å²) < 4.78 is 0. The minimum absolute atomic E-state index is 0.817. The molecule has 0 aliphatic carbocycles. The van der Waals surface area contributed by atoms with Gasteiger partial charge in [0, 0.05) is 24.8 Å². The van der Waals surface area contributed by atoms with Gasteiger partial charge in [0.2, 0.25) is 0 Å². The van der Waals surface area contributed by atoms with Crippen LogP contribution in [0.15, 0.2) is 18.2 Å². The molecule has 2 heteroatoms. The van der Waals surface area contributed by atoms with Crippen LogP contribution in [0, 0.1) is 0 Å². The van der Waals surface area contributed by atoms with Crippen LogP contribution in [0.2, 0.25) is 5.02 Å². The molecular formula is C10H14ClN. The summed E-state index contributed by atoms with van der Waals surface area (Å²) in [5.74, 6) is 0. The molecule has 0 heterocycles. The molecule has 0 aliphatic rings. The lowest BCUT2D eigenvalue weighted by Crippen LogP contribution is -2.10. The number of nitrogens with zero attached hydrogens (tertiary/aromatic N) is 1. The van der Waals surface area contributed by atoms with E-state index < -0.39 is 0 Å². The molecule has 0 bridgehead atoms. The van der Waals surface area contributed by atoms with Gasteiger partial charge in [-0.25, -0.2) is 0 Å². The van der Waals surface area contributed by atoms with Gasteiger partial charge in [0.1, 0.15) is 0 Å². The van der Waals surface area contributed by atoms with Crippen LogP contribution in [0.3, 0.4) is 0 Å². The molecule has 0 amide bonds. The largest absolute Gasteiger partial charge is 0.377 e. The molecule has 0 radical (unpaired) electrons. The summed E-state index contributed by atoms with van der Waals surface area (Å²) in [6, 6.07) is 6.01. The highest BCUT2D eigenvalue weighted by Gasteiger charge is 2.02. The lowest BCUT2D eigenvalue weighted by atomic mass is 10.1. The number of hydrogen-bond donors (Lipinski definition) is 0. The van der Waals surface area contributed by atoms with Crippen LogP contribution in [-0.2, 0) is 6.42 Å². The topological polar surface area (TPSA) is 3.24 Å². The van der Waals surface area contributed by atoms with Gasteiger partial charge in [0.05, 0.1) is 0 Å². The fourth-order valence-electron chi connectivity index (χ4n) is 1.27. The number of anilines is 1. The zero-order valence-electron chi connectivity index (χ0n) is 7.76. The monoisotopic (exact) mass is 183 g/mol. The third kappa shape index (κ3) is 1.92. The second kappa shape index (κ2) is 3.81. The van der Waals surface area contributed by atoms with E-state index in [-0.39, 0.29) is 0 Å². The van der Waals surface area contributed by atoms with E-state index in [2.05, 4.69) is 17.9 Å². The minimum atomic E-state index is 0.817. The first kappa shape index (κ1) is 9.40. The Labute approximate surface area is 79.0 Å². The van der Waals surface area contributed by atoms with Gasteiger partial charge < -0.3 is 4.90 Å². The fourth-order valence-corrected chi connectivity index (χ4v) is 1.47. The Balaban J connectivity index is 3.11. The van der Waals surface area contributed by atoms with Gasteiger partial charge in [-0.3, -0.25) is 0 Å². The quantitative estimate of drug-likeness (QED) is 0.682. The van der Waals surface area contributed by atoms with Crippen LogP contribution in [0.25, 0.3) is 0 Å². The average Bonchev–Trinajstić information content (AvgIpc) is 2.03. The summed E-state index contributed by atoms with van der Waals surface area (Å²) in [7, 11) is 4.09. The summed E-state index contributed by atoms with van der Waals surface area (Å²) in [5, 5.41) is 0.817. The van der Waals surface area contributed by atoms with E-state index in [9.17, 15) is 0 Å². The van der Waals surface area contributed by atoms with Crippen LogP contribution in [-0.4, -0.2) is 14.1 Å². The van der Waals surface area contributed by atoms with Gasteiger partial charge in [-0.15, -0.1) is 0 Å². The summed E-state index contributed by atoms with van der Waals surface area (Å²) in [6.45, 7) is 2.14. The molecule has 0 saturated heterocycles. The first-order valence-corrected chi connectivity index (χ1v) is 4.48.